The third-order valence-corrected chi connectivity index (χ3v) is 4.68. The Labute approximate surface area is 161 Å². The van der Waals surface area contributed by atoms with E-state index in [2.05, 4.69) is 22.4 Å². The SMILES string of the molecule is O=C(NCc1ccc2c(c1)OCO2)c1cn2cc(-c3ccccc3)ccc2n1. The maximum absolute atomic E-state index is 12.5. The first-order valence-corrected chi connectivity index (χ1v) is 8.97. The summed E-state index contributed by atoms with van der Waals surface area (Å²) in [5.41, 5.74) is 4.23. The van der Waals surface area contributed by atoms with E-state index in [4.69, 9.17) is 9.47 Å². The number of ether oxygens (including phenoxy) is 2. The smallest absolute Gasteiger partial charge is 0.271 e. The summed E-state index contributed by atoms with van der Waals surface area (Å²) >= 11 is 0. The molecule has 1 aliphatic heterocycles. The van der Waals surface area contributed by atoms with Gasteiger partial charge in [0, 0.05) is 18.9 Å². The van der Waals surface area contributed by atoms with E-state index < -0.39 is 0 Å². The lowest BCUT2D eigenvalue weighted by Gasteiger charge is -2.04. The molecule has 0 fully saturated rings. The van der Waals surface area contributed by atoms with Crippen LogP contribution in [0.1, 0.15) is 16.1 Å². The molecule has 0 atom stereocenters. The molecule has 0 radical (unpaired) electrons. The Morgan fingerprint density at radius 2 is 1.82 bits per heavy atom. The van der Waals surface area contributed by atoms with E-state index in [1.807, 2.05) is 59.1 Å². The number of hydrogen-bond acceptors (Lipinski definition) is 4. The van der Waals surface area contributed by atoms with Crippen LogP contribution in [0.15, 0.2) is 73.1 Å². The van der Waals surface area contributed by atoms with Crippen LogP contribution >= 0.6 is 0 Å². The van der Waals surface area contributed by atoms with E-state index in [1.165, 1.54) is 0 Å². The summed E-state index contributed by atoms with van der Waals surface area (Å²) < 4.78 is 12.5. The van der Waals surface area contributed by atoms with E-state index in [-0.39, 0.29) is 12.7 Å². The number of carbonyl (C=O) groups excluding carboxylic acids is 1. The van der Waals surface area contributed by atoms with E-state index in [0.717, 1.165) is 28.1 Å². The predicted molar refractivity (Wildman–Crippen MR) is 104 cm³/mol. The van der Waals surface area contributed by atoms with Gasteiger partial charge in [0.2, 0.25) is 6.79 Å². The molecule has 1 amide bonds. The molecule has 3 heterocycles. The number of nitrogens with one attached hydrogen (secondary N) is 1. The van der Waals surface area contributed by atoms with Crippen LogP contribution in [0, 0.1) is 0 Å². The second kappa shape index (κ2) is 6.74. The molecule has 28 heavy (non-hydrogen) atoms. The largest absolute Gasteiger partial charge is 0.454 e. The molecule has 1 N–H and O–H groups in total. The normalized spacial score (nSPS) is 12.3. The molecule has 6 nitrogen and oxygen atoms in total. The molecule has 0 unspecified atom stereocenters. The number of benzene rings is 2. The Bertz CT molecular complexity index is 1170. The Morgan fingerprint density at radius 3 is 2.71 bits per heavy atom. The van der Waals surface area contributed by atoms with Crippen molar-refractivity contribution in [2.24, 2.45) is 0 Å². The van der Waals surface area contributed by atoms with Crippen molar-refractivity contribution in [3.05, 3.63) is 84.3 Å². The number of amides is 1. The zero-order valence-corrected chi connectivity index (χ0v) is 15.0. The van der Waals surface area contributed by atoms with Crippen LogP contribution in [0.4, 0.5) is 0 Å². The Balaban J connectivity index is 1.33. The van der Waals surface area contributed by atoms with Crippen molar-refractivity contribution in [1.29, 1.82) is 0 Å². The summed E-state index contributed by atoms with van der Waals surface area (Å²) in [6.07, 6.45) is 3.73. The van der Waals surface area contributed by atoms with E-state index in [1.54, 1.807) is 6.20 Å². The topological polar surface area (TPSA) is 64.9 Å². The number of hydrogen-bond donors (Lipinski definition) is 1. The monoisotopic (exact) mass is 371 g/mol. The molecule has 138 valence electrons. The van der Waals surface area contributed by atoms with Gasteiger partial charge in [-0.05, 0) is 41.0 Å². The average molecular weight is 371 g/mol. The average Bonchev–Trinajstić information content (AvgIpc) is 3.38. The molecule has 4 aromatic rings. The first kappa shape index (κ1) is 16.4. The zero-order chi connectivity index (χ0) is 18.9. The van der Waals surface area contributed by atoms with Gasteiger partial charge in [0.15, 0.2) is 11.5 Å². The van der Waals surface area contributed by atoms with Gasteiger partial charge in [-0.2, -0.15) is 0 Å². The fourth-order valence-electron chi connectivity index (χ4n) is 3.23. The maximum Gasteiger partial charge on any atom is 0.271 e. The Kier molecular flexibility index (Phi) is 3.94. The Hall–Kier alpha value is -3.80. The van der Waals surface area contributed by atoms with Crippen molar-refractivity contribution in [1.82, 2.24) is 14.7 Å². The number of fused-ring (bicyclic) bond motifs is 2. The van der Waals surface area contributed by atoms with Crippen LogP contribution in [-0.2, 0) is 6.54 Å². The highest BCUT2D eigenvalue weighted by Crippen LogP contribution is 2.32. The lowest BCUT2D eigenvalue weighted by atomic mass is 10.1. The van der Waals surface area contributed by atoms with Gasteiger partial charge in [0.25, 0.3) is 5.91 Å². The number of pyridine rings is 1. The first-order chi connectivity index (χ1) is 13.8. The summed E-state index contributed by atoms with van der Waals surface area (Å²) in [4.78, 5) is 17.0. The highest BCUT2D eigenvalue weighted by Gasteiger charge is 2.15. The number of aromatic nitrogens is 2. The highest BCUT2D eigenvalue weighted by molar-refractivity contribution is 5.92. The molecule has 0 saturated heterocycles. The fraction of sp³-hybridized carbons (Fsp3) is 0.0909. The number of rotatable bonds is 4. The lowest BCUT2D eigenvalue weighted by molar-refractivity contribution is 0.0946. The molecular weight excluding hydrogens is 354 g/mol. The second-order valence-electron chi connectivity index (χ2n) is 6.55. The molecule has 0 aliphatic carbocycles. The van der Waals surface area contributed by atoms with Crippen LogP contribution in [0.5, 0.6) is 11.5 Å². The number of imidazole rings is 1. The summed E-state index contributed by atoms with van der Waals surface area (Å²) in [6, 6.07) is 19.6. The molecule has 0 saturated carbocycles. The van der Waals surface area contributed by atoms with Crippen LogP contribution in [0.2, 0.25) is 0 Å². The first-order valence-electron chi connectivity index (χ1n) is 8.97. The molecule has 0 spiro atoms. The second-order valence-corrected chi connectivity index (χ2v) is 6.55. The number of nitrogens with zero attached hydrogens (tertiary/aromatic N) is 2. The van der Waals surface area contributed by atoms with Crippen molar-refractivity contribution in [3.8, 4) is 22.6 Å². The van der Waals surface area contributed by atoms with E-state index in [0.29, 0.717) is 18.0 Å². The predicted octanol–water partition coefficient (Wildman–Crippen LogP) is 3.66. The van der Waals surface area contributed by atoms with Crippen LogP contribution in [-0.4, -0.2) is 22.1 Å². The molecule has 2 aromatic heterocycles. The van der Waals surface area contributed by atoms with Gasteiger partial charge in [0.1, 0.15) is 11.3 Å². The van der Waals surface area contributed by atoms with Crippen LogP contribution in [0.25, 0.3) is 16.8 Å². The van der Waals surface area contributed by atoms with Crippen molar-refractivity contribution in [2.45, 2.75) is 6.54 Å². The fourth-order valence-corrected chi connectivity index (χ4v) is 3.23. The van der Waals surface area contributed by atoms with Gasteiger partial charge in [-0.15, -0.1) is 0 Å². The standard InChI is InChI=1S/C22H17N3O3/c26-22(23-11-15-6-8-19-20(10-15)28-14-27-19)18-13-25-12-17(7-9-21(25)24-18)16-4-2-1-3-5-16/h1-10,12-13H,11,14H2,(H,23,26). The van der Waals surface area contributed by atoms with Gasteiger partial charge in [-0.1, -0.05) is 36.4 Å². The number of carbonyl (C=O) groups is 1. The maximum atomic E-state index is 12.5. The summed E-state index contributed by atoms with van der Waals surface area (Å²) in [7, 11) is 0. The molecule has 5 rings (SSSR count). The van der Waals surface area contributed by atoms with Gasteiger partial charge in [-0.25, -0.2) is 4.98 Å². The lowest BCUT2D eigenvalue weighted by Crippen LogP contribution is -2.23. The quantitative estimate of drug-likeness (QED) is 0.595. The summed E-state index contributed by atoms with van der Waals surface area (Å²) in [5, 5.41) is 2.90. The van der Waals surface area contributed by atoms with Crippen molar-refractivity contribution in [2.75, 3.05) is 6.79 Å². The summed E-state index contributed by atoms with van der Waals surface area (Å²) in [5.74, 6) is 1.21. The van der Waals surface area contributed by atoms with Crippen LogP contribution < -0.4 is 14.8 Å². The van der Waals surface area contributed by atoms with Gasteiger partial charge in [-0.3, -0.25) is 4.79 Å². The van der Waals surface area contributed by atoms with Gasteiger partial charge < -0.3 is 19.2 Å². The summed E-state index contributed by atoms with van der Waals surface area (Å²) in [6.45, 7) is 0.621. The third kappa shape index (κ3) is 3.05. The van der Waals surface area contributed by atoms with E-state index in [9.17, 15) is 4.79 Å². The molecule has 1 aliphatic rings. The van der Waals surface area contributed by atoms with Gasteiger partial charge >= 0.3 is 0 Å². The van der Waals surface area contributed by atoms with Crippen molar-refractivity contribution >= 4 is 11.6 Å². The van der Waals surface area contributed by atoms with Crippen molar-refractivity contribution < 1.29 is 14.3 Å². The Morgan fingerprint density at radius 1 is 0.964 bits per heavy atom. The van der Waals surface area contributed by atoms with Crippen molar-refractivity contribution in [3.63, 3.8) is 0 Å². The highest BCUT2D eigenvalue weighted by atomic mass is 16.7. The zero-order valence-electron chi connectivity index (χ0n) is 15.0. The molecule has 2 aromatic carbocycles. The molecular formula is C22H17N3O3. The molecule has 6 heteroatoms. The third-order valence-electron chi connectivity index (χ3n) is 4.68. The van der Waals surface area contributed by atoms with E-state index >= 15 is 0 Å². The minimum Gasteiger partial charge on any atom is -0.454 e. The van der Waals surface area contributed by atoms with Gasteiger partial charge in [0.05, 0.1) is 0 Å². The molecule has 0 bridgehead atoms. The minimum absolute atomic E-state index is 0.220. The van der Waals surface area contributed by atoms with Crippen LogP contribution in [0.3, 0.4) is 0 Å². The minimum atomic E-state index is -0.220.